The van der Waals surface area contributed by atoms with Crippen LogP contribution in [0.25, 0.3) is 0 Å². The third-order valence-electron chi connectivity index (χ3n) is 3.40. The third-order valence-corrected chi connectivity index (χ3v) is 3.40. The summed E-state index contributed by atoms with van der Waals surface area (Å²) in [5.74, 6) is 3.12. The van der Waals surface area contributed by atoms with Gasteiger partial charge in [-0.15, -0.1) is 24.0 Å². The number of aryl methyl sites for hydroxylation is 1. The topological polar surface area (TPSA) is 85.6 Å². The van der Waals surface area contributed by atoms with Crippen molar-refractivity contribution in [2.24, 2.45) is 12.0 Å². The van der Waals surface area contributed by atoms with Gasteiger partial charge in [-0.3, -0.25) is 9.67 Å². The fourth-order valence-corrected chi connectivity index (χ4v) is 2.03. The Kier molecular flexibility index (Phi) is 9.03. The maximum atomic E-state index is 5.85. The molecule has 1 unspecified atom stereocenters. The molecule has 9 heteroatoms. The van der Waals surface area contributed by atoms with E-state index in [1.807, 2.05) is 38.2 Å². The number of guanidine groups is 1. The van der Waals surface area contributed by atoms with Gasteiger partial charge >= 0.3 is 0 Å². The van der Waals surface area contributed by atoms with Crippen molar-refractivity contribution >= 4 is 29.9 Å². The molecule has 2 N–H and O–H groups in total. The van der Waals surface area contributed by atoms with E-state index < -0.39 is 0 Å². The molecule has 2 rings (SSSR count). The molecule has 2 aromatic rings. The van der Waals surface area contributed by atoms with E-state index in [9.17, 15) is 0 Å². The summed E-state index contributed by atoms with van der Waals surface area (Å²) in [6.07, 6.45) is 1.50. The number of ether oxygens (including phenoxy) is 2. The minimum atomic E-state index is -0.0215. The van der Waals surface area contributed by atoms with Gasteiger partial charge in [0.05, 0.1) is 20.2 Å². The van der Waals surface area contributed by atoms with Gasteiger partial charge in [-0.2, -0.15) is 5.10 Å². The van der Waals surface area contributed by atoms with Crippen LogP contribution < -0.4 is 20.1 Å². The number of hydrogen-bond acceptors (Lipinski definition) is 5. The molecule has 0 aliphatic carbocycles. The highest BCUT2D eigenvalue weighted by Crippen LogP contribution is 2.17. The van der Waals surface area contributed by atoms with Crippen LogP contribution in [-0.2, 0) is 13.6 Å². The van der Waals surface area contributed by atoms with Crippen LogP contribution >= 0.6 is 24.0 Å². The Morgan fingerprint density at radius 1 is 1.24 bits per heavy atom. The molecule has 8 nitrogen and oxygen atoms in total. The predicted octanol–water partition coefficient (Wildman–Crippen LogP) is 1.57. The fraction of sp³-hybridized carbons (Fsp3) is 0.438. The quantitative estimate of drug-likeness (QED) is 0.371. The molecule has 0 bridgehead atoms. The zero-order valence-corrected chi connectivity index (χ0v) is 17.2. The number of nitrogens with zero attached hydrogens (tertiary/aromatic N) is 4. The summed E-state index contributed by atoms with van der Waals surface area (Å²) in [6, 6.07) is 7.51. The summed E-state index contributed by atoms with van der Waals surface area (Å²) >= 11 is 0. The van der Waals surface area contributed by atoms with Crippen molar-refractivity contribution in [3.8, 4) is 11.5 Å². The lowest BCUT2D eigenvalue weighted by Crippen LogP contribution is -2.41. The Hall–Kier alpha value is -2.04. The normalized spacial score (nSPS) is 12.1. The van der Waals surface area contributed by atoms with E-state index in [1.54, 1.807) is 18.8 Å². The first kappa shape index (κ1) is 21.0. The molecule has 138 valence electrons. The summed E-state index contributed by atoms with van der Waals surface area (Å²) in [5, 5.41) is 10.4. The molecule has 0 amide bonds. The molecule has 0 fully saturated rings. The largest absolute Gasteiger partial charge is 0.497 e. The zero-order chi connectivity index (χ0) is 17.4. The van der Waals surface area contributed by atoms with Crippen LogP contribution in [0.2, 0.25) is 0 Å². The molecule has 0 saturated heterocycles. The van der Waals surface area contributed by atoms with Gasteiger partial charge in [0.25, 0.3) is 0 Å². The Labute approximate surface area is 165 Å². The van der Waals surface area contributed by atoms with Gasteiger partial charge in [-0.25, -0.2) is 4.98 Å². The van der Waals surface area contributed by atoms with Crippen LogP contribution in [-0.4, -0.2) is 47.5 Å². The smallest absolute Gasteiger partial charge is 0.191 e. The molecule has 0 aliphatic heterocycles. The molecule has 1 aromatic carbocycles. The van der Waals surface area contributed by atoms with Crippen molar-refractivity contribution < 1.29 is 9.47 Å². The number of rotatable bonds is 7. The summed E-state index contributed by atoms with van der Waals surface area (Å²) < 4.78 is 12.7. The van der Waals surface area contributed by atoms with Gasteiger partial charge in [0.2, 0.25) is 0 Å². The number of aromatic nitrogens is 3. The molecular weight excluding hydrogens is 435 g/mol. The van der Waals surface area contributed by atoms with Crippen molar-refractivity contribution in [3.05, 3.63) is 36.4 Å². The van der Waals surface area contributed by atoms with Gasteiger partial charge in [-0.1, -0.05) is 0 Å². The zero-order valence-electron chi connectivity index (χ0n) is 14.9. The lowest BCUT2D eigenvalue weighted by atomic mass is 10.3. The number of hydrogen-bond donors (Lipinski definition) is 2. The maximum Gasteiger partial charge on any atom is 0.191 e. The van der Waals surface area contributed by atoms with E-state index >= 15 is 0 Å². The molecule has 0 aliphatic rings. The van der Waals surface area contributed by atoms with Crippen LogP contribution in [0.3, 0.4) is 0 Å². The molecule has 0 saturated carbocycles. The molecule has 1 heterocycles. The minimum absolute atomic E-state index is 0. The Bertz CT molecular complexity index is 659. The number of methoxy groups -OCH3 is 1. The maximum absolute atomic E-state index is 5.85. The average Bonchev–Trinajstić information content (AvgIpc) is 3.01. The standard InChI is InChI=1S/C16H24N6O2.HI/c1-12(24-14-7-5-13(23-4)6-8-14)9-18-16(17-2)19-10-15-20-11-21-22(15)3;/h5-8,11-12H,9-10H2,1-4H3,(H2,17,18,19);1H. The lowest BCUT2D eigenvalue weighted by molar-refractivity contribution is 0.223. The number of aliphatic imine (C=N–C) groups is 1. The Morgan fingerprint density at radius 3 is 2.48 bits per heavy atom. The van der Waals surface area contributed by atoms with E-state index in [0.29, 0.717) is 19.0 Å². The van der Waals surface area contributed by atoms with E-state index in [4.69, 9.17) is 9.47 Å². The Balaban J connectivity index is 0.00000312. The molecule has 1 aromatic heterocycles. The summed E-state index contributed by atoms with van der Waals surface area (Å²) in [6.45, 7) is 3.15. The number of nitrogens with one attached hydrogen (secondary N) is 2. The van der Waals surface area contributed by atoms with Gasteiger partial charge < -0.3 is 20.1 Å². The van der Waals surface area contributed by atoms with Crippen molar-refractivity contribution in [2.75, 3.05) is 20.7 Å². The van der Waals surface area contributed by atoms with Crippen LogP contribution in [0.1, 0.15) is 12.7 Å². The monoisotopic (exact) mass is 460 g/mol. The number of benzene rings is 1. The fourth-order valence-electron chi connectivity index (χ4n) is 2.03. The molecular formula is C16H25IN6O2. The molecule has 0 spiro atoms. The van der Waals surface area contributed by atoms with Gasteiger partial charge in [0.1, 0.15) is 29.8 Å². The first-order valence-corrected chi connectivity index (χ1v) is 7.70. The molecule has 0 radical (unpaired) electrons. The average molecular weight is 460 g/mol. The first-order chi connectivity index (χ1) is 11.6. The van der Waals surface area contributed by atoms with Crippen LogP contribution in [0.5, 0.6) is 11.5 Å². The minimum Gasteiger partial charge on any atom is -0.497 e. The Morgan fingerprint density at radius 2 is 1.92 bits per heavy atom. The second-order valence-electron chi connectivity index (χ2n) is 5.21. The van der Waals surface area contributed by atoms with E-state index in [-0.39, 0.29) is 30.1 Å². The van der Waals surface area contributed by atoms with Gasteiger partial charge in [0, 0.05) is 14.1 Å². The SMILES string of the molecule is CN=C(NCc1ncnn1C)NCC(C)Oc1ccc(OC)cc1.I. The molecule has 1 atom stereocenters. The lowest BCUT2D eigenvalue weighted by Gasteiger charge is -2.17. The van der Waals surface area contributed by atoms with E-state index in [2.05, 4.69) is 25.7 Å². The summed E-state index contributed by atoms with van der Waals surface area (Å²) in [4.78, 5) is 8.34. The van der Waals surface area contributed by atoms with Crippen LogP contribution in [0.4, 0.5) is 0 Å². The third kappa shape index (κ3) is 6.77. The van der Waals surface area contributed by atoms with Gasteiger partial charge in [-0.05, 0) is 31.2 Å². The van der Waals surface area contributed by atoms with Crippen LogP contribution in [0.15, 0.2) is 35.6 Å². The predicted molar refractivity (Wildman–Crippen MR) is 108 cm³/mol. The van der Waals surface area contributed by atoms with Crippen molar-refractivity contribution in [1.82, 2.24) is 25.4 Å². The van der Waals surface area contributed by atoms with Crippen molar-refractivity contribution in [3.63, 3.8) is 0 Å². The van der Waals surface area contributed by atoms with Crippen molar-refractivity contribution in [1.29, 1.82) is 0 Å². The van der Waals surface area contributed by atoms with Gasteiger partial charge in [0.15, 0.2) is 5.96 Å². The second kappa shape index (κ2) is 10.7. The van der Waals surface area contributed by atoms with E-state index in [1.165, 1.54) is 6.33 Å². The van der Waals surface area contributed by atoms with Crippen molar-refractivity contribution in [2.45, 2.75) is 19.6 Å². The summed E-state index contributed by atoms with van der Waals surface area (Å²) in [7, 11) is 5.22. The second-order valence-corrected chi connectivity index (χ2v) is 5.21. The molecule has 25 heavy (non-hydrogen) atoms. The summed E-state index contributed by atoms with van der Waals surface area (Å²) in [5.41, 5.74) is 0. The first-order valence-electron chi connectivity index (χ1n) is 7.70. The highest BCUT2D eigenvalue weighted by Gasteiger charge is 2.07. The highest BCUT2D eigenvalue weighted by molar-refractivity contribution is 14.0. The number of halogens is 1. The van der Waals surface area contributed by atoms with Crippen LogP contribution in [0, 0.1) is 0 Å². The highest BCUT2D eigenvalue weighted by atomic mass is 127. The van der Waals surface area contributed by atoms with E-state index in [0.717, 1.165) is 17.3 Å².